The molecule has 1 aliphatic rings. The summed E-state index contributed by atoms with van der Waals surface area (Å²) in [7, 11) is 2.69. The lowest BCUT2D eigenvalue weighted by molar-refractivity contribution is -0.136. The minimum Gasteiger partial charge on any atom is -0.466 e. The maximum absolute atomic E-state index is 12.6. The summed E-state index contributed by atoms with van der Waals surface area (Å²) in [4.78, 5) is 24.6. The molecule has 1 amide bonds. The summed E-state index contributed by atoms with van der Waals surface area (Å²) >= 11 is 0. The van der Waals surface area contributed by atoms with E-state index in [2.05, 4.69) is 10.6 Å². The Balaban J connectivity index is 2.29. The largest absolute Gasteiger partial charge is 0.466 e. The molecule has 0 spiro atoms. The molecule has 0 saturated heterocycles. The van der Waals surface area contributed by atoms with Crippen LogP contribution in [0, 0.1) is 5.92 Å². The van der Waals surface area contributed by atoms with Crippen LogP contribution in [-0.2, 0) is 20.8 Å². The maximum atomic E-state index is 12.6. The summed E-state index contributed by atoms with van der Waals surface area (Å²) in [6.07, 6.45) is 4.75. The Morgan fingerprint density at radius 1 is 1.07 bits per heavy atom. The quantitative estimate of drug-likeness (QED) is 0.564. The number of hydrogen-bond donors (Lipinski definition) is 2. The van der Waals surface area contributed by atoms with Gasteiger partial charge in [0.15, 0.2) is 0 Å². The lowest BCUT2D eigenvalue weighted by Crippen LogP contribution is -2.45. The molecule has 1 aliphatic carbocycles. The molecule has 1 atom stereocenters. The van der Waals surface area contributed by atoms with Crippen LogP contribution in [0.25, 0.3) is 0 Å². The first kappa shape index (κ1) is 20.8. The Labute approximate surface area is 161 Å². The number of nitrogens with one attached hydrogen (secondary N) is 2. The van der Waals surface area contributed by atoms with Crippen LogP contribution in [0.2, 0.25) is 0 Å². The Hall–Kier alpha value is -2.50. The number of esters is 1. The van der Waals surface area contributed by atoms with Gasteiger partial charge < -0.3 is 20.1 Å². The van der Waals surface area contributed by atoms with Crippen LogP contribution in [0.3, 0.4) is 0 Å². The summed E-state index contributed by atoms with van der Waals surface area (Å²) in [6, 6.07) is 9.51. The maximum Gasteiger partial charge on any atom is 0.407 e. The van der Waals surface area contributed by atoms with Crippen molar-refractivity contribution in [3.05, 3.63) is 47.2 Å². The number of alkyl carbamates (subject to hydrolysis) is 1. The SMILES string of the molecule is COC(=O)N[C@H](/C(C(=O)OC)=C(\C)NCc1ccccc1)C1CCCCC1. The number of carbonyl (C=O) groups excluding carboxylic acids is 2. The molecule has 1 fully saturated rings. The predicted octanol–water partition coefficient (Wildman–Crippen LogP) is 3.53. The molecule has 2 N–H and O–H groups in total. The number of ether oxygens (including phenoxy) is 2. The van der Waals surface area contributed by atoms with E-state index in [9.17, 15) is 9.59 Å². The van der Waals surface area contributed by atoms with E-state index in [0.717, 1.165) is 31.2 Å². The standard InChI is InChI=1S/C21H30N2O4/c1-15(22-14-16-10-6-4-7-11-16)18(20(24)26-2)19(23-21(25)27-3)17-12-8-5-9-13-17/h4,6-7,10-11,17,19,22H,5,8-9,12-14H2,1-3H3,(H,23,25)/b18-15-/t19-/m0/s1. The molecule has 1 aromatic rings. The van der Waals surface area contributed by atoms with E-state index in [4.69, 9.17) is 9.47 Å². The first-order chi connectivity index (χ1) is 13.1. The lowest BCUT2D eigenvalue weighted by Gasteiger charge is -2.32. The predicted molar refractivity (Wildman–Crippen MR) is 104 cm³/mol. The summed E-state index contributed by atoms with van der Waals surface area (Å²) in [5.41, 5.74) is 2.28. The van der Waals surface area contributed by atoms with Gasteiger partial charge in [0.25, 0.3) is 0 Å². The summed E-state index contributed by atoms with van der Waals surface area (Å²) < 4.78 is 9.84. The third-order valence-electron chi connectivity index (χ3n) is 5.10. The van der Waals surface area contributed by atoms with Gasteiger partial charge in [-0.05, 0) is 31.2 Å². The van der Waals surface area contributed by atoms with Gasteiger partial charge in [0.2, 0.25) is 0 Å². The Morgan fingerprint density at radius 2 is 1.74 bits per heavy atom. The molecule has 148 valence electrons. The molecule has 1 aromatic carbocycles. The van der Waals surface area contributed by atoms with Gasteiger partial charge in [0.1, 0.15) is 0 Å². The topological polar surface area (TPSA) is 76.7 Å². The first-order valence-electron chi connectivity index (χ1n) is 9.48. The number of benzene rings is 1. The number of carbonyl (C=O) groups is 2. The fraction of sp³-hybridized carbons (Fsp3) is 0.524. The average Bonchev–Trinajstić information content (AvgIpc) is 2.72. The zero-order valence-electron chi connectivity index (χ0n) is 16.4. The van der Waals surface area contributed by atoms with E-state index < -0.39 is 18.1 Å². The normalized spacial score (nSPS) is 16.7. The van der Waals surface area contributed by atoms with Crippen molar-refractivity contribution in [2.75, 3.05) is 14.2 Å². The van der Waals surface area contributed by atoms with Crippen molar-refractivity contribution in [1.82, 2.24) is 10.6 Å². The second kappa shape index (κ2) is 10.6. The van der Waals surface area contributed by atoms with Crippen molar-refractivity contribution >= 4 is 12.1 Å². The first-order valence-corrected chi connectivity index (χ1v) is 9.48. The zero-order valence-corrected chi connectivity index (χ0v) is 16.4. The van der Waals surface area contributed by atoms with Gasteiger partial charge >= 0.3 is 12.1 Å². The van der Waals surface area contributed by atoms with Gasteiger partial charge in [-0.1, -0.05) is 49.6 Å². The summed E-state index contributed by atoms with van der Waals surface area (Å²) in [6.45, 7) is 2.44. The Kier molecular flexibility index (Phi) is 8.17. The second-order valence-electron chi connectivity index (χ2n) is 6.88. The summed E-state index contributed by atoms with van der Waals surface area (Å²) in [5, 5.41) is 6.18. The molecule has 0 unspecified atom stereocenters. The van der Waals surface area contributed by atoms with E-state index in [1.807, 2.05) is 37.3 Å². The molecular formula is C21H30N2O4. The highest BCUT2D eigenvalue weighted by Gasteiger charge is 2.33. The number of allylic oxidation sites excluding steroid dienone is 1. The van der Waals surface area contributed by atoms with Gasteiger partial charge in [-0.2, -0.15) is 0 Å². The van der Waals surface area contributed by atoms with E-state index in [0.29, 0.717) is 17.8 Å². The number of amides is 1. The van der Waals surface area contributed by atoms with Crippen LogP contribution < -0.4 is 10.6 Å². The molecule has 0 radical (unpaired) electrons. The smallest absolute Gasteiger partial charge is 0.407 e. The fourth-order valence-corrected chi connectivity index (χ4v) is 3.63. The molecule has 6 nitrogen and oxygen atoms in total. The van der Waals surface area contributed by atoms with Gasteiger partial charge in [-0.3, -0.25) is 0 Å². The number of hydrogen-bond acceptors (Lipinski definition) is 5. The molecule has 0 aliphatic heterocycles. The molecule has 1 saturated carbocycles. The molecule has 0 aromatic heterocycles. The lowest BCUT2D eigenvalue weighted by atomic mass is 9.80. The van der Waals surface area contributed by atoms with E-state index in [1.165, 1.54) is 20.6 Å². The minimum absolute atomic E-state index is 0.181. The fourth-order valence-electron chi connectivity index (χ4n) is 3.63. The molecular weight excluding hydrogens is 344 g/mol. The minimum atomic E-state index is -0.539. The molecule has 0 heterocycles. The highest BCUT2D eigenvalue weighted by atomic mass is 16.5. The summed E-state index contributed by atoms with van der Waals surface area (Å²) in [5.74, 6) is -0.250. The van der Waals surface area contributed by atoms with Crippen LogP contribution in [0.4, 0.5) is 4.79 Å². The van der Waals surface area contributed by atoms with Crippen molar-refractivity contribution in [1.29, 1.82) is 0 Å². The monoisotopic (exact) mass is 374 g/mol. The molecule has 6 heteroatoms. The van der Waals surface area contributed by atoms with Crippen LogP contribution in [0.5, 0.6) is 0 Å². The van der Waals surface area contributed by atoms with Crippen LogP contribution in [-0.4, -0.2) is 32.3 Å². The van der Waals surface area contributed by atoms with Crippen LogP contribution >= 0.6 is 0 Å². The van der Waals surface area contributed by atoms with Crippen molar-refractivity contribution < 1.29 is 19.1 Å². The van der Waals surface area contributed by atoms with E-state index in [1.54, 1.807) is 0 Å². The highest BCUT2D eigenvalue weighted by Crippen LogP contribution is 2.31. The molecule has 2 rings (SSSR count). The number of methoxy groups -OCH3 is 2. The average molecular weight is 374 g/mol. The third kappa shape index (κ3) is 6.01. The van der Waals surface area contributed by atoms with Gasteiger partial charge in [-0.15, -0.1) is 0 Å². The van der Waals surface area contributed by atoms with E-state index in [-0.39, 0.29) is 5.92 Å². The number of rotatable bonds is 7. The van der Waals surface area contributed by atoms with Crippen molar-refractivity contribution in [3.8, 4) is 0 Å². The molecule has 0 bridgehead atoms. The second-order valence-corrected chi connectivity index (χ2v) is 6.88. The van der Waals surface area contributed by atoms with Crippen LogP contribution in [0.15, 0.2) is 41.6 Å². The van der Waals surface area contributed by atoms with Crippen molar-refractivity contribution in [2.24, 2.45) is 5.92 Å². The van der Waals surface area contributed by atoms with Crippen molar-refractivity contribution in [3.63, 3.8) is 0 Å². The van der Waals surface area contributed by atoms with Gasteiger partial charge in [0.05, 0.1) is 25.8 Å². The third-order valence-corrected chi connectivity index (χ3v) is 5.10. The van der Waals surface area contributed by atoms with Crippen molar-refractivity contribution in [2.45, 2.75) is 51.6 Å². The van der Waals surface area contributed by atoms with Gasteiger partial charge in [0, 0.05) is 12.2 Å². The molecule has 27 heavy (non-hydrogen) atoms. The zero-order chi connectivity index (χ0) is 19.6. The van der Waals surface area contributed by atoms with Crippen LogP contribution in [0.1, 0.15) is 44.6 Å². The Bertz CT molecular complexity index is 651. The van der Waals surface area contributed by atoms with Gasteiger partial charge in [-0.25, -0.2) is 9.59 Å². The Morgan fingerprint density at radius 3 is 2.33 bits per heavy atom. The van der Waals surface area contributed by atoms with E-state index >= 15 is 0 Å². The highest BCUT2D eigenvalue weighted by molar-refractivity contribution is 5.91.